The summed E-state index contributed by atoms with van der Waals surface area (Å²) in [5.41, 5.74) is 0.584. The third-order valence-electron chi connectivity index (χ3n) is 3.22. The number of benzene rings is 1. The number of unbranched alkanes of at least 4 members (excludes halogenated alkanes) is 1. The summed E-state index contributed by atoms with van der Waals surface area (Å²) in [6.07, 6.45) is 6.99. The second-order valence-corrected chi connectivity index (χ2v) is 5.04. The summed E-state index contributed by atoms with van der Waals surface area (Å²) in [5.74, 6) is -0.342. The molecular weight excluding hydrogens is 302 g/mol. The molecule has 0 spiro atoms. The van der Waals surface area contributed by atoms with Crippen LogP contribution in [0.4, 0.5) is 0 Å². The number of hydrogen-bond acceptors (Lipinski definition) is 5. The molecule has 5 heteroatoms. The Kier molecular flexibility index (Phi) is 9.11. The lowest BCUT2D eigenvalue weighted by molar-refractivity contribution is 0.0480. The highest BCUT2D eigenvalue weighted by atomic mass is 16.5. The second kappa shape index (κ2) is 11.5. The minimum Gasteiger partial charge on any atom is -0.460 e. The van der Waals surface area contributed by atoms with E-state index in [1.54, 1.807) is 48.7 Å². The van der Waals surface area contributed by atoms with Crippen LogP contribution in [0, 0.1) is 22.7 Å². The van der Waals surface area contributed by atoms with Crippen LogP contribution in [-0.2, 0) is 4.74 Å². The lowest BCUT2D eigenvalue weighted by Crippen LogP contribution is -2.24. The van der Waals surface area contributed by atoms with Crippen molar-refractivity contribution in [1.29, 1.82) is 10.5 Å². The van der Waals surface area contributed by atoms with E-state index < -0.39 is 0 Å². The maximum Gasteiger partial charge on any atom is 0.338 e. The molecule has 0 aliphatic rings. The highest BCUT2D eigenvalue weighted by Gasteiger charge is 2.06. The molecule has 24 heavy (non-hydrogen) atoms. The molecule has 0 fully saturated rings. The Labute approximate surface area is 143 Å². The van der Waals surface area contributed by atoms with Crippen LogP contribution in [0.3, 0.4) is 0 Å². The maximum absolute atomic E-state index is 11.9. The monoisotopic (exact) mass is 323 g/mol. The lowest BCUT2D eigenvalue weighted by Gasteiger charge is -2.19. The Bertz CT molecular complexity index is 635. The topological polar surface area (TPSA) is 77.1 Å². The van der Waals surface area contributed by atoms with Crippen molar-refractivity contribution in [3.05, 3.63) is 59.8 Å². The van der Waals surface area contributed by atoms with Crippen LogP contribution < -0.4 is 0 Å². The van der Waals surface area contributed by atoms with Crippen LogP contribution in [0.15, 0.2) is 54.3 Å². The number of carbonyl (C=O) groups excluding carboxylic acids is 1. The number of nitriles is 2. The third-order valence-corrected chi connectivity index (χ3v) is 3.22. The summed E-state index contributed by atoms with van der Waals surface area (Å²) in [6.45, 7) is 3.74. The smallest absolute Gasteiger partial charge is 0.338 e. The van der Waals surface area contributed by atoms with E-state index in [0.717, 1.165) is 19.4 Å². The van der Waals surface area contributed by atoms with Crippen molar-refractivity contribution < 1.29 is 9.53 Å². The molecule has 0 amide bonds. The van der Waals surface area contributed by atoms with Crippen molar-refractivity contribution in [2.45, 2.75) is 19.8 Å². The van der Waals surface area contributed by atoms with Gasteiger partial charge >= 0.3 is 5.97 Å². The van der Waals surface area contributed by atoms with Gasteiger partial charge in [0.25, 0.3) is 0 Å². The normalized spacial score (nSPS) is 9.79. The minimum absolute atomic E-state index is 0.0530. The van der Waals surface area contributed by atoms with Gasteiger partial charge in [0.1, 0.15) is 24.3 Å². The van der Waals surface area contributed by atoms with Crippen molar-refractivity contribution >= 4 is 5.97 Å². The first-order valence-electron chi connectivity index (χ1n) is 7.86. The molecule has 5 nitrogen and oxygen atoms in total. The molecule has 124 valence electrons. The van der Waals surface area contributed by atoms with Crippen molar-refractivity contribution in [1.82, 2.24) is 4.90 Å². The van der Waals surface area contributed by atoms with Gasteiger partial charge in [-0.3, -0.25) is 0 Å². The molecular formula is C19H21N3O2. The summed E-state index contributed by atoms with van der Waals surface area (Å²) in [5, 5.41) is 17.4. The fraction of sp³-hybridized carbons (Fsp3) is 0.316. The summed E-state index contributed by atoms with van der Waals surface area (Å²) < 4.78 is 5.27. The van der Waals surface area contributed by atoms with Crippen LogP contribution in [-0.4, -0.2) is 30.6 Å². The molecule has 0 N–H and O–H groups in total. The number of hydrogen-bond donors (Lipinski definition) is 0. The van der Waals surface area contributed by atoms with E-state index in [9.17, 15) is 4.79 Å². The van der Waals surface area contributed by atoms with E-state index >= 15 is 0 Å². The van der Waals surface area contributed by atoms with E-state index in [2.05, 4.69) is 6.92 Å². The van der Waals surface area contributed by atoms with Gasteiger partial charge < -0.3 is 9.64 Å². The molecule has 0 saturated heterocycles. The van der Waals surface area contributed by atoms with E-state index in [4.69, 9.17) is 15.3 Å². The Morgan fingerprint density at radius 1 is 1.21 bits per heavy atom. The Hall–Kier alpha value is -3.05. The Balaban J connectivity index is 2.53. The number of nitrogens with zero attached hydrogens (tertiary/aromatic N) is 3. The van der Waals surface area contributed by atoms with Crippen molar-refractivity contribution in [3.8, 4) is 12.1 Å². The third kappa shape index (κ3) is 7.29. The molecule has 0 heterocycles. The maximum atomic E-state index is 11.9. The number of ether oxygens (including phenoxy) is 1. The zero-order chi connectivity index (χ0) is 17.6. The standard InChI is InChI=1S/C19H21N3O2/c1-2-3-11-22(12-7-8-17(15-20)16-21)13-14-24-19(23)18-9-5-4-6-10-18/h4-10,12H,2-3,11,13-14H2,1H3/b12-7+. The fourth-order valence-electron chi connectivity index (χ4n) is 1.90. The Morgan fingerprint density at radius 2 is 1.92 bits per heavy atom. The summed E-state index contributed by atoms with van der Waals surface area (Å²) >= 11 is 0. The predicted octanol–water partition coefficient (Wildman–Crippen LogP) is 3.43. The molecule has 0 aromatic heterocycles. The predicted molar refractivity (Wildman–Crippen MR) is 91.7 cm³/mol. The molecule has 1 aromatic rings. The van der Waals surface area contributed by atoms with Gasteiger partial charge in [-0.05, 0) is 36.9 Å². The summed E-state index contributed by atoms with van der Waals surface area (Å²) in [7, 11) is 0. The van der Waals surface area contributed by atoms with E-state index in [1.807, 2.05) is 11.0 Å². The average molecular weight is 323 g/mol. The molecule has 0 unspecified atom stereocenters. The van der Waals surface area contributed by atoms with Gasteiger partial charge in [0, 0.05) is 6.54 Å². The minimum atomic E-state index is -0.342. The largest absolute Gasteiger partial charge is 0.460 e. The lowest BCUT2D eigenvalue weighted by atomic mass is 10.2. The molecule has 0 aliphatic heterocycles. The number of esters is 1. The average Bonchev–Trinajstić information content (AvgIpc) is 2.63. The van der Waals surface area contributed by atoms with Crippen molar-refractivity contribution in [3.63, 3.8) is 0 Å². The van der Waals surface area contributed by atoms with Crippen LogP contribution in [0.5, 0.6) is 0 Å². The fourth-order valence-corrected chi connectivity index (χ4v) is 1.90. The highest BCUT2D eigenvalue weighted by molar-refractivity contribution is 5.89. The van der Waals surface area contributed by atoms with E-state index in [1.165, 1.54) is 6.08 Å². The summed E-state index contributed by atoms with van der Waals surface area (Å²) in [6, 6.07) is 12.5. The highest BCUT2D eigenvalue weighted by Crippen LogP contribution is 2.02. The zero-order valence-electron chi connectivity index (χ0n) is 13.8. The summed E-state index contributed by atoms with van der Waals surface area (Å²) in [4.78, 5) is 13.9. The molecule has 0 saturated carbocycles. The Morgan fingerprint density at radius 3 is 2.54 bits per heavy atom. The molecule has 1 rings (SSSR count). The van der Waals surface area contributed by atoms with Crippen molar-refractivity contribution in [2.75, 3.05) is 19.7 Å². The number of allylic oxidation sites excluding steroid dienone is 3. The van der Waals surface area contributed by atoms with Gasteiger partial charge in [0.15, 0.2) is 0 Å². The van der Waals surface area contributed by atoms with Crippen LogP contribution in [0.2, 0.25) is 0 Å². The van der Waals surface area contributed by atoms with E-state index in [0.29, 0.717) is 12.1 Å². The van der Waals surface area contributed by atoms with Crippen LogP contribution in [0.25, 0.3) is 0 Å². The van der Waals surface area contributed by atoms with Gasteiger partial charge in [-0.25, -0.2) is 4.79 Å². The molecule has 0 aliphatic carbocycles. The quantitative estimate of drug-likeness (QED) is 0.395. The van der Waals surface area contributed by atoms with E-state index in [-0.39, 0.29) is 18.1 Å². The van der Waals surface area contributed by atoms with Gasteiger partial charge in [0.05, 0.1) is 12.1 Å². The number of carbonyl (C=O) groups is 1. The first-order chi connectivity index (χ1) is 11.7. The first-order valence-corrected chi connectivity index (χ1v) is 7.86. The van der Waals surface area contributed by atoms with Crippen LogP contribution >= 0.6 is 0 Å². The number of rotatable bonds is 9. The molecule has 1 aromatic carbocycles. The van der Waals surface area contributed by atoms with Gasteiger partial charge in [-0.2, -0.15) is 10.5 Å². The molecule has 0 radical (unpaired) electrons. The van der Waals surface area contributed by atoms with Crippen molar-refractivity contribution in [2.24, 2.45) is 0 Å². The van der Waals surface area contributed by atoms with Gasteiger partial charge in [-0.1, -0.05) is 31.5 Å². The van der Waals surface area contributed by atoms with Gasteiger partial charge in [-0.15, -0.1) is 0 Å². The zero-order valence-corrected chi connectivity index (χ0v) is 13.8. The molecule has 0 bridgehead atoms. The second-order valence-electron chi connectivity index (χ2n) is 5.04. The SMILES string of the molecule is CCCCN(/C=C/C=C(C#N)C#N)CCOC(=O)c1ccccc1. The first kappa shape index (κ1) is 19.0. The van der Waals surface area contributed by atoms with Crippen LogP contribution in [0.1, 0.15) is 30.1 Å². The molecule has 0 atom stereocenters. The van der Waals surface area contributed by atoms with Gasteiger partial charge in [0.2, 0.25) is 0 Å².